The molecule has 0 amide bonds. The van der Waals surface area contributed by atoms with Gasteiger partial charge in [0.2, 0.25) is 0 Å². The van der Waals surface area contributed by atoms with Crippen molar-refractivity contribution in [2.45, 2.75) is 70.4 Å². The van der Waals surface area contributed by atoms with E-state index in [2.05, 4.69) is 9.98 Å². The van der Waals surface area contributed by atoms with Gasteiger partial charge in [-0.15, -0.1) is 0 Å². The summed E-state index contributed by atoms with van der Waals surface area (Å²) in [5.41, 5.74) is 0.101. The molecule has 0 aromatic heterocycles. The molecular weight excluding hydrogens is 255 g/mol. The molecule has 2 fully saturated rings. The van der Waals surface area contributed by atoms with Crippen molar-refractivity contribution in [1.82, 2.24) is 0 Å². The maximum absolute atomic E-state index is 6.00. The number of aliphatic imine (C=N–C) groups is 2. The van der Waals surface area contributed by atoms with Crippen LogP contribution < -0.4 is 0 Å². The van der Waals surface area contributed by atoms with Gasteiger partial charge in [-0.1, -0.05) is 0 Å². The Bertz CT molecular complexity index is 426. The highest BCUT2D eigenvalue weighted by Gasteiger charge is 2.53. The summed E-state index contributed by atoms with van der Waals surface area (Å²) in [6, 6.07) is 0. The van der Waals surface area contributed by atoms with E-state index in [1.54, 1.807) is 6.21 Å². The molecule has 0 N–H and O–H groups in total. The molecule has 0 aromatic rings. The maximum atomic E-state index is 6.00. The molecule has 3 aliphatic heterocycles. The van der Waals surface area contributed by atoms with E-state index in [0.29, 0.717) is 0 Å². The number of ether oxygens (including phenoxy) is 1. The second-order valence-corrected chi connectivity index (χ2v) is 6.74. The molecule has 0 unspecified atom stereocenters. The quantitative estimate of drug-likeness (QED) is 0.726. The molecule has 2 saturated heterocycles. The van der Waals surface area contributed by atoms with E-state index in [-0.39, 0.29) is 23.5 Å². The summed E-state index contributed by atoms with van der Waals surface area (Å²) in [5.74, 6) is 0. The van der Waals surface area contributed by atoms with Gasteiger partial charge < -0.3 is 14.0 Å². The van der Waals surface area contributed by atoms with Crippen molar-refractivity contribution in [2.24, 2.45) is 9.98 Å². The van der Waals surface area contributed by atoms with Gasteiger partial charge in [0.15, 0.2) is 6.17 Å². The molecule has 110 valence electrons. The SMILES string of the molecule is CC1(C)OB(C2=N[C@@H]([C@H]3CCCCO3)N=C2)OC1(C)C. The highest BCUT2D eigenvalue weighted by atomic mass is 16.7. The fourth-order valence-electron chi connectivity index (χ4n) is 2.64. The van der Waals surface area contributed by atoms with Crippen molar-refractivity contribution < 1.29 is 14.0 Å². The molecule has 2 atom stereocenters. The van der Waals surface area contributed by atoms with E-state index in [1.165, 1.54) is 6.42 Å². The largest absolute Gasteiger partial charge is 0.515 e. The molecule has 0 spiro atoms. The molecular formula is C14H23BN2O3. The Morgan fingerprint density at radius 1 is 1.15 bits per heavy atom. The summed E-state index contributed by atoms with van der Waals surface area (Å²) in [6.45, 7) is 8.99. The van der Waals surface area contributed by atoms with Crippen molar-refractivity contribution in [2.75, 3.05) is 6.61 Å². The Kier molecular flexibility index (Phi) is 3.51. The molecule has 6 heteroatoms. The van der Waals surface area contributed by atoms with Gasteiger partial charge in [0.05, 0.1) is 22.9 Å². The van der Waals surface area contributed by atoms with Crippen LogP contribution in [-0.4, -0.2) is 49.0 Å². The van der Waals surface area contributed by atoms with Gasteiger partial charge in [-0.3, -0.25) is 9.98 Å². The highest BCUT2D eigenvalue weighted by Crippen LogP contribution is 2.37. The van der Waals surface area contributed by atoms with Gasteiger partial charge in [0.25, 0.3) is 0 Å². The van der Waals surface area contributed by atoms with Crippen LogP contribution in [0.2, 0.25) is 0 Å². The van der Waals surface area contributed by atoms with Crippen molar-refractivity contribution in [3.63, 3.8) is 0 Å². The fraction of sp³-hybridized carbons (Fsp3) is 0.857. The molecule has 3 heterocycles. The monoisotopic (exact) mass is 278 g/mol. The number of nitrogens with zero attached hydrogens (tertiary/aromatic N) is 2. The first-order chi connectivity index (χ1) is 9.39. The first-order valence-corrected chi connectivity index (χ1v) is 7.47. The van der Waals surface area contributed by atoms with Crippen LogP contribution >= 0.6 is 0 Å². The predicted molar refractivity (Wildman–Crippen MR) is 79.4 cm³/mol. The lowest BCUT2D eigenvalue weighted by atomic mass is 9.83. The van der Waals surface area contributed by atoms with Gasteiger partial charge in [-0.25, -0.2) is 0 Å². The van der Waals surface area contributed by atoms with E-state index < -0.39 is 7.12 Å². The zero-order valence-corrected chi connectivity index (χ0v) is 12.8. The third-order valence-corrected chi connectivity index (χ3v) is 4.68. The minimum Gasteiger partial charge on any atom is -0.398 e. The van der Waals surface area contributed by atoms with Crippen LogP contribution in [0, 0.1) is 0 Å². The Morgan fingerprint density at radius 2 is 1.85 bits per heavy atom. The number of hydrogen-bond donors (Lipinski definition) is 0. The Hall–Kier alpha value is -0.715. The minimum atomic E-state index is -0.419. The van der Waals surface area contributed by atoms with Crippen LogP contribution in [-0.2, 0) is 14.0 Å². The lowest BCUT2D eigenvalue weighted by molar-refractivity contribution is 0.00340. The highest BCUT2D eigenvalue weighted by molar-refractivity contribution is 6.93. The van der Waals surface area contributed by atoms with Crippen molar-refractivity contribution in [1.29, 1.82) is 0 Å². The molecule has 3 aliphatic rings. The Morgan fingerprint density at radius 3 is 2.45 bits per heavy atom. The lowest BCUT2D eigenvalue weighted by Gasteiger charge is -2.32. The van der Waals surface area contributed by atoms with Gasteiger partial charge >= 0.3 is 7.12 Å². The minimum absolute atomic E-state index is 0.111. The Labute approximate surface area is 120 Å². The van der Waals surface area contributed by atoms with Gasteiger partial charge in [0, 0.05) is 12.8 Å². The maximum Gasteiger partial charge on any atom is 0.515 e. The van der Waals surface area contributed by atoms with Crippen LogP contribution in [0.15, 0.2) is 9.98 Å². The fourth-order valence-corrected chi connectivity index (χ4v) is 2.64. The molecule has 0 aliphatic carbocycles. The van der Waals surface area contributed by atoms with Crippen LogP contribution in [0.1, 0.15) is 47.0 Å². The standard InChI is InChI=1S/C14H23BN2O3/c1-13(2)14(3,4)20-15(19-13)11-9-16-12(17-11)10-7-5-6-8-18-10/h9-10,12H,5-8H2,1-4H3/t10-,12+/m1/s1. The summed E-state index contributed by atoms with van der Waals surface area (Å²) < 4.78 is 17.7. The summed E-state index contributed by atoms with van der Waals surface area (Å²) in [6.07, 6.45) is 5.13. The Balaban J connectivity index is 1.69. The van der Waals surface area contributed by atoms with E-state index in [9.17, 15) is 0 Å². The molecule has 0 saturated carbocycles. The van der Waals surface area contributed by atoms with Crippen LogP contribution in [0.5, 0.6) is 0 Å². The lowest BCUT2D eigenvalue weighted by Crippen LogP contribution is -2.41. The van der Waals surface area contributed by atoms with E-state index in [1.807, 2.05) is 27.7 Å². The average Bonchev–Trinajstić information content (AvgIpc) is 2.94. The summed E-state index contributed by atoms with van der Waals surface area (Å²) in [7, 11) is -0.419. The van der Waals surface area contributed by atoms with E-state index in [0.717, 1.165) is 25.1 Å². The second kappa shape index (κ2) is 4.93. The second-order valence-electron chi connectivity index (χ2n) is 6.74. The third kappa shape index (κ3) is 2.45. The number of hydrogen-bond acceptors (Lipinski definition) is 5. The molecule has 0 aromatic carbocycles. The first kappa shape index (κ1) is 14.2. The van der Waals surface area contributed by atoms with Crippen molar-refractivity contribution in [3.05, 3.63) is 0 Å². The summed E-state index contributed by atoms with van der Waals surface area (Å²) in [5, 5.41) is 0. The first-order valence-electron chi connectivity index (χ1n) is 7.47. The van der Waals surface area contributed by atoms with Gasteiger partial charge in [-0.05, 0) is 47.0 Å². The van der Waals surface area contributed by atoms with Crippen molar-refractivity contribution in [3.8, 4) is 0 Å². The van der Waals surface area contributed by atoms with Crippen LogP contribution in [0.3, 0.4) is 0 Å². The third-order valence-electron chi connectivity index (χ3n) is 4.68. The zero-order chi connectivity index (χ0) is 14.4. The topological polar surface area (TPSA) is 52.4 Å². The summed E-state index contributed by atoms with van der Waals surface area (Å²) in [4.78, 5) is 9.11. The zero-order valence-electron chi connectivity index (χ0n) is 12.8. The normalized spacial score (nSPS) is 35.4. The van der Waals surface area contributed by atoms with Crippen molar-refractivity contribution >= 4 is 18.9 Å². The summed E-state index contributed by atoms with van der Waals surface area (Å²) >= 11 is 0. The van der Waals surface area contributed by atoms with Gasteiger partial charge in [0.1, 0.15) is 0 Å². The molecule has 20 heavy (non-hydrogen) atoms. The van der Waals surface area contributed by atoms with Crippen LogP contribution in [0.25, 0.3) is 0 Å². The van der Waals surface area contributed by atoms with Crippen LogP contribution in [0.4, 0.5) is 0 Å². The molecule has 3 rings (SSSR count). The van der Waals surface area contributed by atoms with E-state index >= 15 is 0 Å². The molecule has 5 nitrogen and oxygen atoms in total. The number of rotatable bonds is 2. The smallest absolute Gasteiger partial charge is 0.398 e. The molecule has 0 radical (unpaired) electrons. The molecule has 0 bridgehead atoms. The average molecular weight is 278 g/mol. The predicted octanol–water partition coefficient (Wildman–Crippen LogP) is 2.04. The van der Waals surface area contributed by atoms with E-state index in [4.69, 9.17) is 14.0 Å². The van der Waals surface area contributed by atoms with Gasteiger partial charge in [-0.2, -0.15) is 0 Å².